The quantitative estimate of drug-likeness (QED) is 0.520. The van der Waals surface area contributed by atoms with E-state index in [0.29, 0.717) is 0 Å². The summed E-state index contributed by atoms with van der Waals surface area (Å²) in [5.41, 5.74) is 0.104. The van der Waals surface area contributed by atoms with Crippen LogP contribution >= 0.6 is 0 Å². The summed E-state index contributed by atoms with van der Waals surface area (Å²) < 4.78 is 0. The number of aliphatic hydroxyl groups is 1. The number of hydrogen-bond donors (Lipinski definition) is 3. The lowest BCUT2D eigenvalue weighted by molar-refractivity contribution is -0.389. The lowest BCUT2D eigenvalue weighted by Gasteiger charge is -2.14. The minimum Gasteiger partial charge on any atom is -0.391 e. The maximum Gasteiger partial charge on any atom is 0.321 e. The predicted octanol–water partition coefficient (Wildman–Crippen LogP) is 0.670. The number of nitrogens with zero attached hydrogens (tertiary/aromatic N) is 1. The summed E-state index contributed by atoms with van der Waals surface area (Å²) in [6.07, 6.45) is -0.635. The summed E-state index contributed by atoms with van der Waals surface area (Å²) in [6, 6.07) is 2.54. The molecule has 0 saturated heterocycles. The summed E-state index contributed by atoms with van der Waals surface area (Å²) >= 11 is 0. The molecule has 1 unspecified atom stereocenters. The minimum atomic E-state index is -0.635. The molecular formula is C10H15N3O4. The highest BCUT2D eigenvalue weighted by Crippen LogP contribution is 2.09. The zero-order valence-corrected chi connectivity index (χ0v) is 9.64. The van der Waals surface area contributed by atoms with Crippen LogP contribution in [0.1, 0.15) is 24.3 Å². The first-order valence-electron chi connectivity index (χ1n) is 5.21. The Morgan fingerprint density at radius 3 is 2.71 bits per heavy atom. The number of aliphatic hydroxyl groups excluding tert-OH is 1. The van der Waals surface area contributed by atoms with Gasteiger partial charge in [-0.05, 0) is 16.9 Å². The summed E-state index contributed by atoms with van der Waals surface area (Å²) in [5, 5.41) is 22.4. The number of carbonyl (C=O) groups excluding carboxylic acids is 1. The van der Waals surface area contributed by atoms with E-state index in [-0.39, 0.29) is 24.0 Å². The first-order chi connectivity index (χ1) is 7.91. The first kappa shape index (κ1) is 13.2. The molecule has 0 bridgehead atoms. The van der Waals surface area contributed by atoms with Crippen molar-refractivity contribution in [3.63, 3.8) is 0 Å². The van der Waals surface area contributed by atoms with Crippen molar-refractivity contribution >= 4 is 11.7 Å². The molecule has 3 N–H and O–H groups in total. The largest absolute Gasteiger partial charge is 0.391 e. The van der Waals surface area contributed by atoms with Crippen LogP contribution in [-0.2, 0) is 0 Å². The van der Waals surface area contributed by atoms with Gasteiger partial charge in [-0.1, -0.05) is 13.8 Å². The third-order valence-electron chi connectivity index (χ3n) is 2.35. The van der Waals surface area contributed by atoms with Gasteiger partial charge in [0.05, 0.1) is 6.10 Å². The third kappa shape index (κ3) is 3.56. The SMILES string of the molecule is CC(C)C(O)CNC(=O)c1ccc([N+](=O)[O-])[nH]1. The van der Waals surface area contributed by atoms with E-state index >= 15 is 0 Å². The second-order valence-corrected chi connectivity index (χ2v) is 4.04. The summed E-state index contributed by atoms with van der Waals surface area (Å²) in [5.74, 6) is -0.675. The molecule has 1 amide bonds. The molecule has 0 aliphatic rings. The molecule has 0 aromatic carbocycles. The summed E-state index contributed by atoms with van der Waals surface area (Å²) in [7, 11) is 0. The molecule has 0 aliphatic heterocycles. The number of hydrogen-bond acceptors (Lipinski definition) is 4. The second kappa shape index (κ2) is 5.44. The molecule has 7 nitrogen and oxygen atoms in total. The van der Waals surface area contributed by atoms with Gasteiger partial charge in [-0.25, -0.2) is 4.98 Å². The van der Waals surface area contributed by atoms with Gasteiger partial charge in [0.1, 0.15) is 0 Å². The normalized spacial score (nSPS) is 12.5. The maximum atomic E-state index is 11.5. The molecule has 1 rings (SSSR count). The van der Waals surface area contributed by atoms with Crippen LogP contribution in [-0.4, -0.2) is 33.6 Å². The molecule has 0 saturated carbocycles. The molecular weight excluding hydrogens is 226 g/mol. The number of nitro groups is 1. The van der Waals surface area contributed by atoms with Gasteiger partial charge in [0.25, 0.3) is 5.91 Å². The van der Waals surface area contributed by atoms with E-state index in [1.165, 1.54) is 12.1 Å². The van der Waals surface area contributed by atoms with Gasteiger partial charge in [0, 0.05) is 12.6 Å². The average Bonchev–Trinajstić information content (AvgIpc) is 2.74. The van der Waals surface area contributed by atoms with Crippen LogP contribution in [0.15, 0.2) is 12.1 Å². The van der Waals surface area contributed by atoms with Crippen LogP contribution in [0.4, 0.5) is 5.82 Å². The summed E-state index contributed by atoms with van der Waals surface area (Å²) in [6.45, 7) is 3.77. The van der Waals surface area contributed by atoms with Gasteiger partial charge >= 0.3 is 5.82 Å². The number of carbonyl (C=O) groups is 1. The highest BCUT2D eigenvalue weighted by atomic mass is 16.6. The number of aromatic amines is 1. The van der Waals surface area contributed by atoms with Gasteiger partial charge in [-0.3, -0.25) is 4.79 Å². The van der Waals surface area contributed by atoms with Crippen molar-refractivity contribution < 1.29 is 14.8 Å². The third-order valence-corrected chi connectivity index (χ3v) is 2.35. The molecule has 0 spiro atoms. The Morgan fingerprint density at radius 1 is 1.59 bits per heavy atom. The van der Waals surface area contributed by atoms with Crippen LogP contribution in [0.5, 0.6) is 0 Å². The zero-order valence-electron chi connectivity index (χ0n) is 9.64. The van der Waals surface area contributed by atoms with E-state index in [0.717, 1.165) is 0 Å². The van der Waals surface area contributed by atoms with Crippen LogP contribution in [0.25, 0.3) is 0 Å². The van der Waals surface area contributed by atoms with Crippen LogP contribution in [0.2, 0.25) is 0 Å². The van der Waals surface area contributed by atoms with Gasteiger partial charge in [0.15, 0.2) is 5.69 Å². The summed E-state index contributed by atoms with van der Waals surface area (Å²) in [4.78, 5) is 23.7. The van der Waals surface area contributed by atoms with Gasteiger partial charge in [-0.2, -0.15) is 0 Å². The highest BCUT2D eigenvalue weighted by molar-refractivity contribution is 5.92. The van der Waals surface area contributed by atoms with E-state index in [2.05, 4.69) is 10.3 Å². The van der Waals surface area contributed by atoms with Crippen molar-refractivity contribution in [1.82, 2.24) is 10.3 Å². The first-order valence-corrected chi connectivity index (χ1v) is 5.21. The Labute approximate surface area is 98.0 Å². The standard InChI is InChI=1S/C10H15N3O4/c1-6(2)8(14)5-11-10(15)7-3-4-9(12-7)13(16)17/h3-4,6,8,12,14H,5H2,1-2H3,(H,11,15). The molecule has 94 valence electrons. The molecule has 0 aliphatic carbocycles. The zero-order chi connectivity index (χ0) is 13.0. The number of rotatable bonds is 5. The Kier molecular flexibility index (Phi) is 4.22. The number of H-pyrrole nitrogens is 1. The Hall–Kier alpha value is -1.89. The van der Waals surface area contributed by atoms with E-state index in [1.807, 2.05) is 13.8 Å². The highest BCUT2D eigenvalue weighted by Gasteiger charge is 2.17. The van der Waals surface area contributed by atoms with Crippen LogP contribution < -0.4 is 5.32 Å². The van der Waals surface area contributed by atoms with Crippen molar-refractivity contribution in [3.05, 3.63) is 27.9 Å². The molecule has 17 heavy (non-hydrogen) atoms. The van der Waals surface area contributed by atoms with Crippen molar-refractivity contribution in [2.45, 2.75) is 20.0 Å². The molecule has 1 aromatic heterocycles. The predicted molar refractivity (Wildman–Crippen MR) is 60.6 cm³/mol. The van der Waals surface area contributed by atoms with Crippen molar-refractivity contribution in [2.24, 2.45) is 5.92 Å². The van der Waals surface area contributed by atoms with Crippen molar-refractivity contribution in [3.8, 4) is 0 Å². The lowest BCUT2D eigenvalue weighted by atomic mass is 10.1. The average molecular weight is 241 g/mol. The molecule has 0 radical (unpaired) electrons. The number of amides is 1. The topological polar surface area (TPSA) is 108 Å². The van der Waals surface area contributed by atoms with Crippen LogP contribution in [0.3, 0.4) is 0 Å². The fraction of sp³-hybridized carbons (Fsp3) is 0.500. The fourth-order valence-electron chi connectivity index (χ4n) is 1.15. The maximum absolute atomic E-state index is 11.5. The Balaban J connectivity index is 2.55. The van der Waals surface area contributed by atoms with Crippen LogP contribution in [0, 0.1) is 16.0 Å². The molecule has 1 aromatic rings. The lowest BCUT2D eigenvalue weighted by Crippen LogP contribution is -2.34. The molecule has 7 heteroatoms. The van der Waals surface area contributed by atoms with E-state index in [1.54, 1.807) is 0 Å². The van der Waals surface area contributed by atoms with Gasteiger partial charge < -0.3 is 20.5 Å². The van der Waals surface area contributed by atoms with E-state index in [9.17, 15) is 20.0 Å². The number of aromatic nitrogens is 1. The van der Waals surface area contributed by atoms with Crippen molar-refractivity contribution in [2.75, 3.05) is 6.54 Å². The molecule has 1 atom stereocenters. The molecule has 1 heterocycles. The smallest absolute Gasteiger partial charge is 0.321 e. The minimum absolute atomic E-state index is 0.0354. The Bertz CT molecular complexity index is 413. The number of nitrogens with one attached hydrogen (secondary N) is 2. The molecule has 0 fully saturated rings. The monoisotopic (exact) mass is 241 g/mol. The van der Waals surface area contributed by atoms with E-state index in [4.69, 9.17) is 0 Å². The van der Waals surface area contributed by atoms with Crippen molar-refractivity contribution in [1.29, 1.82) is 0 Å². The van der Waals surface area contributed by atoms with E-state index < -0.39 is 16.9 Å². The fourth-order valence-corrected chi connectivity index (χ4v) is 1.15. The van der Waals surface area contributed by atoms with Gasteiger partial charge in [0.2, 0.25) is 0 Å². The second-order valence-electron chi connectivity index (χ2n) is 4.04. The Morgan fingerprint density at radius 2 is 2.24 bits per heavy atom. The van der Waals surface area contributed by atoms with Gasteiger partial charge in [-0.15, -0.1) is 0 Å².